The van der Waals surface area contributed by atoms with Crippen LogP contribution in [0, 0.1) is 0 Å². The number of thioether (sulfide) groups is 1. The van der Waals surface area contributed by atoms with E-state index < -0.39 is 21.8 Å². The standard InChI is InChI=1S/C22H27N3O3S2/c1-24(2)19-11-9-18(10-12-19)22(28-30(3,26)27)13-14-25-16-29-15-20(25)23-21(22)17-7-5-4-6-8-17/h4-12,21H,13-16H2,1-3H3. The second-order valence-electron chi connectivity index (χ2n) is 7.97. The SMILES string of the molecule is CN(C)c1ccc(C2(OS(C)(=O)=O)CCN3CSCC3=NC2c2ccccc2)cc1. The molecule has 0 bridgehead atoms. The van der Waals surface area contributed by atoms with Gasteiger partial charge in [-0.2, -0.15) is 8.42 Å². The normalized spacial score (nSPS) is 24.2. The third-order valence-corrected chi connectivity index (χ3v) is 7.16. The number of rotatable bonds is 5. The minimum absolute atomic E-state index is 0.461. The van der Waals surface area contributed by atoms with Crippen molar-refractivity contribution < 1.29 is 12.6 Å². The van der Waals surface area contributed by atoms with Crippen LogP contribution in [0.15, 0.2) is 59.6 Å². The number of benzene rings is 2. The predicted octanol–water partition coefficient (Wildman–Crippen LogP) is 3.47. The Morgan fingerprint density at radius 2 is 1.83 bits per heavy atom. The van der Waals surface area contributed by atoms with Gasteiger partial charge in [-0.1, -0.05) is 42.5 Å². The van der Waals surface area contributed by atoms with Crippen molar-refractivity contribution in [3.63, 3.8) is 0 Å². The van der Waals surface area contributed by atoms with E-state index in [0.717, 1.165) is 40.5 Å². The minimum Gasteiger partial charge on any atom is -0.378 e. The number of fused-ring (bicyclic) bond motifs is 1. The molecule has 0 aromatic heterocycles. The first kappa shape index (κ1) is 21.2. The van der Waals surface area contributed by atoms with Crippen LogP contribution >= 0.6 is 11.8 Å². The fourth-order valence-corrected chi connectivity index (χ4v) is 5.99. The average molecular weight is 446 g/mol. The van der Waals surface area contributed by atoms with Crippen molar-refractivity contribution >= 4 is 33.4 Å². The largest absolute Gasteiger partial charge is 0.378 e. The lowest BCUT2D eigenvalue weighted by Crippen LogP contribution is -2.39. The molecule has 2 heterocycles. The molecular formula is C22H27N3O3S2. The summed E-state index contributed by atoms with van der Waals surface area (Å²) in [5.74, 6) is 2.71. The van der Waals surface area contributed by atoms with Gasteiger partial charge in [-0.25, -0.2) is 0 Å². The van der Waals surface area contributed by atoms with Crippen molar-refractivity contribution in [2.24, 2.45) is 4.99 Å². The van der Waals surface area contributed by atoms with E-state index in [1.54, 1.807) is 0 Å². The van der Waals surface area contributed by atoms with Crippen LogP contribution in [0.25, 0.3) is 0 Å². The maximum absolute atomic E-state index is 12.5. The highest BCUT2D eigenvalue weighted by molar-refractivity contribution is 8.00. The molecule has 6 nitrogen and oxygen atoms in total. The zero-order valence-electron chi connectivity index (χ0n) is 17.5. The number of aliphatic imine (C=N–C) groups is 1. The molecule has 0 spiro atoms. The summed E-state index contributed by atoms with van der Waals surface area (Å²) >= 11 is 1.83. The van der Waals surface area contributed by atoms with Gasteiger partial charge in [0.1, 0.15) is 17.5 Å². The zero-order valence-corrected chi connectivity index (χ0v) is 19.1. The van der Waals surface area contributed by atoms with Crippen molar-refractivity contribution in [3.8, 4) is 0 Å². The van der Waals surface area contributed by atoms with Crippen molar-refractivity contribution in [1.29, 1.82) is 0 Å². The summed E-state index contributed by atoms with van der Waals surface area (Å²) in [4.78, 5) is 9.36. The first-order valence-electron chi connectivity index (χ1n) is 9.91. The molecule has 8 heteroatoms. The molecule has 0 amide bonds. The molecule has 30 heavy (non-hydrogen) atoms. The zero-order chi connectivity index (χ0) is 21.4. The van der Waals surface area contributed by atoms with E-state index in [1.807, 2.05) is 85.4 Å². The molecule has 0 saturated carbocycles. The highest BCUT2D eigenvalue weighted by atomic mass is 32.2. The van der Waals surface area contributed by atoms with Crippen LogP contribution in [-0.2, 0) is 19.9 Å². The van der Waals surface area contributed by atoms with Gasteiger partial charge in [0, 0.05) is 32.7 Å². The summed E-state index contributed by atoms with van der Waals surface area (Å²) in [5, 5.41) is 0. The topological polar surface area (TPSA) is 62.2 Å². The second kappa shape index (κ2) is 8.24. The van der Waals surface area contributed by atoms with Crippen molar-refractivity contribution in [2.45, 2.75) is 18.1 Å². The molecule has 2 unspecified atom stereocenters. The molecule has 2 aromatic rings. The van der Waals surface area contributed by atoms with Gasteiger partial charge in [-0.05, 0) is 23.3 Å². The van der Waals surface area contributed by atoms with Crippen LogP contribution in [0.3, 0.4) is 0 Å². The maximum Gasteiger partial charge on any atom is 0.265 e. The third-order valence-electron chi connectivity index (χ3n) is 5.60. The molecule has 0 aliphatic carbocycles. The second-order valence-corrected chi connectivity index (χ2v) is 10.5. The van der Waals surface area contributed by atoms with Gasteiger partial charge in [0.15, 0.2) is 0 Å². The van der Waals surface area contributed by atoms with Crippen LogP contribution in [-0.4, -0.2) is 57.7 Å². The van der Waals surface area contributed by atoms with Crippen LogP contribution in [0.2, 0.25) is 0 Å². The van der Waals surface area contributed by atoms with Gasteiger partial charge in [0.05, 0.1) is 17.9 Å². The van der Waals surface area contributed by atoms with Crippen molar-refractivity contribution in [1.82, 2.24) is 4.90 Å². The van der Waals surface area contributed by atoms with Crippen LogP contribution in [0.5, 0.6) is 0 Å². The fourth-order valence-electron chi connectivity index (χ4n) is 4.14. The summed E-state index contributed by atoms with van der Waals surface area (Å²) < 4.78 is 31.0. The fraction of sp³-hybridized carbons (Fsp3) is 0.409. The van der Waals surface area contributed by atoms with Gasteiger partial charge >= 0.3 is 0 Å². The van der Waals surface area contributed by atoms with Gasteiger partial charge in [0.2, 0.25) is 0 Å². The van der Waals surface area contributed by atoms with E-state index in [2.05, 4.69) is 4.90 Å². The highest BCUT2D eigenvalue weighted by Crippen LogP contribution is 2.47. The lowest BCUT2D eigenvalue weighted by atomic mass is 9.80. The monoisotopic (exact) mass is 445 g/mol. The Hall–Kier alpha value is -2.03. The van der Waals surface area contributed by atoms with Crippen molar-refractivity contribution in [2.75, 3.05) is 43.4 Å². The Bertz CT molecular complexity index is 1020. The average Bonchev–Trinajstić information content (AvgIpc) is 3.10. The molecule has 2 atom stereocenters. The van der Waals surface area contributed by atoms with E-state index in [-0.39, 0.29) is 0 Å². The van der Waals surface area contributed by atoms with Crippen LogP contribution in [0.1, 0.15) is 23.6 Å². The Labute approximate surface area is 183 Å². The molecule has 2 aromatic carbocycles. The molecule has 4 rings (SSSR count). The lowest BCUT2D eigenvalue weighted by Gasteiger charge is -2.37. The summed E-state index contributed by atoms with van der Waals surface area (Å²) in [6.45, 7) is 0.695. The van der Waals surface area contributed by atoms with Crippen molar-refractivity contribution in [3.05, 3.63) is 65.7 Å². The summed E-state index contributed by atoms with van der Waals surface area (Å²) in [6, 6.07) is 17.4. The molecule has 1 saturated heterocycles. The predicted molar refractivity (Wildman–Crippen MR) is 124 cm³/mol. The van der Waals surface area contributed by atoms with E-state index in [0.29, 0.717) is 13.0 Å². The molecule has 2 aliphatic heterocycles. The molecule has 0 N–H and O–H groups in total. The highest BCUT2D eigenvalue weighted by Gasteiger charge is 2.48. The number of hydrogen-bond acceptors (Lipinski definition) is 7. The van der Waals surface area contributed by atoms with E-state index in [9.17, 15) is 8.42 Å². The van der Waals surface area contributed by atoms with Gasteiger partial charge in [-0.15, -0.1) is 11.8 Å². The Balaban J connectivity index is 1.92. The third kappa shape index (κ3) is 4.22. The molecular weight excluding hydrogens is 418 g/mol. The van der Waals surface area contributed by atoms with Gasteiger partial charge in [0.25, 0.3) is 10.1 Å². The number of hydrogen-bond donors (Lipinski definition) is 0. The maximum atomic E-state index is 12.5. The van der Waals surface area contributed by atoms with Crippen LogP contribution in [0.4, 0.5) is 5.69 Å². The quantitative estimate of drug-likeness (QED) is 0.657. The van der Waals surface area contributed by atoms with E-state index >= 15 is 0 Å². The number of amidine groups is 1. The van der Waals surface area contributed by atoms with E-state index in [1.165, 1.54) is 0 Å². The Morgan fingerprint density at radius 1 is 1.13 bits per heavy atom. The smallest absolute Gasteiger partial charge is 0.265 e. The number of nitrogens with zero attached hydrogens (tertiary/aromatic N) is 3. The van der Waals surface area contributed by atoms with Gasteiger partial charge < -0.3 is 9.80 Å². The Morgan fingerprint density at radius 3 is 2.47 bits per heavy atom. The molecule has 1 fully saturated rings. The number of anilines is 1. The summed E-state index contributed by atoms with van der Waals surface area (Å²) in [7, 11) is 0.220. The van der Waals surface area contributed by atoms with Crippen LogP contribution < -0.4 is 4.90 Å². The van der Waals surface area contributed by atoms with Gasteiger partial charge in [-0.3, -0.25) is 9.18 Å². The first-order valence-corrected chi connectivity index (χ1v) is 12.9. The lowest BCUT2D eigenvalue weighted by molar-refractivity contribution is 0.0372. The Kier molecular flexibility index (Phi) is 5.83. The summed E-state index contributed by atoms with van der Waals surface area (Å²) in [5.41, 5.74) is 1.71. The summed E-state index contributed by atoms with van der Waals surface area (Å²) in [6.07, 6.45) is 1.65. The molecule has 2 aliphatic rings. The minimum atomic E-state index is -3.74. The molecule has 160 valence electrons. The molecule has 0 radical (unpaired) electrons. The van der Waals surface area contributed by atoms with E-state index in [4.69, 9.17) is 9.18 Å². The first-order chi connectivity index (χ1) is 14.3.